The molecule has 0 aliphatic rings. The first kappa shape index (κ1) is 12.4. The van der Waals surface area contributed by atoms with Crippen molar-refractivity contribution >= 4 is 11.7 Å². The Morgan fingerprint density at radius 3 is 2.12 bits per heavy atom. The summed E-state index contributed by atoms with van der Waals surface area (Å²) < 4.78 is 0. The van der Waals surface area contributed by atoms with Crippen molar-refractivity contribution in [2.75, 3.05) is 5.06 Å². The Labute approximate surface area is 90.4 Å². The predicted octanol–water partition coefficient (Wildman–Crippen LogP) is -1.03. The summed E-state index contributed by atoms with van der Waals surface area (Å²) in [6.07, 6.45) is -2.67. The van der Waals surface area contributed by atoms with E-state index in [1.54, 1.807) is 6.07 Å². The van der Waals surface area contributed by atoms with Gasteiger partial charge in [0.1, 0.15) is 0 Å². The zero-order chi connectivity index (χ0) is 12.3. The van der Waals surface area contributed by atoms with Crippen LogP contribution in [0.1, 0.15) is 0 Å². The minimum absolute atomic E-state index is 0.0968. The molecular weight excluding hydrogens is 218 g/mol. The minimum atomic E-state index is -3.22. The second kappa shape index (κ2) is 4.45. The van der Waals surface area contributed by atoms with Crippen LogP contribution in [0.2, 0.25) is 0 Å². The second-order valence-electron chi connectivity index (χ2n) is 3.05. The lowest BCUT2D eigenvalue weighted by atomic mass is 10.2. The van der Waals surface area contributed by atoms with E-state index in [9.17, 15) is 15.1 Å². The number of benzene rings is 1. The van der Waals surface area contributed by atoms with Crippen molar-refractivity contribution in [2.45, 2.75) is 12.0 Å². The number of hydroxylamine groups is 1. The Morgan fingerprint density at radius 2 is 1.75 bits per heavy atom. The van der Waals surface area contributed by atoms with Crippen LogP contribution in [-0.4, -0.2) is 43.6 Å². The number of rotatable bonds is 4. The van der Waals surface area contributed by atoms with Crippen molar-refractivity contribution in [2.24, 2.45) is 0 Å². The van der Waals surface area contributed by atoms with Gasteiger partial charge in [-0.3, -0.25) is 5.21 Å². The highest BCUT2D eigenvalue weighted by molar-refractivity contribution is 5.81. The van der Waals surface area contributed by atoms with Crippen LogP contribution in [-0.2, 0) is 4.79 Å². The number of carbonyl (C=O) groups is 1. The molecule has 0 fully saturated rings. The van der Waals surface area contributed by atoms with Gasteiger partial charge in [-0.1, -0.05) is 18.2 Å². The van der Waals surface area contributed by atoms with E-state index in [-0.39, 0.29) is 10.8 Å². The fraction of sp³-hybridized carbons (Fsp3) is 0.222. The number of aliphatic carboxylic acids is 1. The third-order valence-corrected chi connectivity index (χ3v) is 2.00. The van der Waals surface area contributed by atoms with Crippen molar-refractivity contribution in [3.8, 4) is 0 Å². The summed E-state index contributed by atoms with van der Waals surface area (Å²) >= 11 is 0. The molecule has 16 heavy (non-hydrogen) atoms. The van der Waals surface area contributed by atoms with E-state index in [4.69, 9.17) is 15.3 Å². The summed E-state index contributed by atoms with van der Waals surface area (Å²) in [7, 11) is 0. The van der Waals surface area contributed by atoms with E-state index in [1.807, 2.05) is 0 Å². The molecule has 7 nitrogen and oxygen atoms in total. The number of aliphatic hydroxyl groups excluding tert-OH is 1. The van der Waals surface area contributed by atoms with Crippen LogP contribution < -0.4 is 5.06 Å². The van der Waals surface area contributed by atoms with Gasteiger partial charge in [-0.05, 0) is 12.1 Å². The fourth-order valence-corrected chi connectivity index (χ4v) is 1.08. The van der Waals surface area contributed by atoms with Crippen molar-refractivity contribution in [3.63, 3.8) is 0 Å². The van der Waals surface area contributed by atoms with E-state index in [0.717, 1.165) is 0 Å². The quantitative estimate of drug-likeness (QED) is 0.330. The Hall–Kier alpha value is -1.67. The van der Waals surface area contributed by atoms with E-state index in [1.165, 1.54) is 24.3 Å². The molecule has 88 valence electrons. The molecule has 1 aromatic carbocycles. The number of nitrogens with zero attached hydrogens (tertiary/aromatic N) is 1. The molecule has 1 aromatic rings. The molecule has 7 heteroatoms. The molecule has 0 saturated carbocycles. The third-order valence-electron chi connectivity index (χ3n) is 2.00. The zero-order valence-electron chi connectivity index (χ0n) is 8.06. The molecule has 0 spiro atoms. The Kier molecular flexibility index (Phi) is 3.45. The number of hydrogen-bond donors (Lipinski definition) is 5. The third kappa shape index (κ3) is 1.97. The first-order valence-corrected chi connectivity index (χ1v) is 4.26. The normalized spacial score (nSPS) is 14.6. The van der Waals surface area contributed by atoms with Crippen LogP contribution >= 0.6 is 0 Å². The molecule has 0 bridgehead atoms. The minimum Gasteiger partial charge on any atom is -0.477 e. The molecule has 0 unspecified atom stereocenters. The van der Waals surface area contributed by atoms with E-state index in [2.05, 4.69) is 0 Å². The molecule has 5 N–H and O–H groups in total. The topological polar surface area (TPSA) is 121 Å². The maximum atomic E-state index is 10.7. The van der Waals surface area contributed by atoms with Crippen molar-refractivity contribution in [1.82, 2.24) is 0 Å². The first-order valence-electron chi connectivity index (χ1n) is 4.26. The van der Waals surface area contributed by atoms with Gasteiger partial charge < -0.3 is 20.4 Å². The molecule has 1 rings (SSSR count). The maximum Gasteiger partial charge on any atom is 0.365 e. The lowest BCUT2D eigenvalue weighted by molar-refractivity contribution is -0.221. The Morgan fingerprint density at radius 1 is 1.25 bits per heavy atom. The maximum absolute atomic E-state index is 10.7. The second-order valence-corrected chi connectivity index (χ2v) is 3.05. The standard InChI is InChI=1S/C9H11NO6/c11-7(12)9(15,8(13)14)10(16)6-4-2-1-3-5-6/h1-5,7,11-12,15-16H,(H,13,14)/t9-/m1/s1. The number of carboxylic acids is 1. The first-order chi connectivity index (χ1) is 7.40. The van der Waals surface area contributed by atoms with E-state index >= 15 is 0 Å². The summed E-state index contributed by atoms with van der Waals surface area (Å²) in [6.45, 7) is 0. The number of anilines is 1. The van der Waals surface area contributed by atoms with Crippen molar-refractivity contribution < 1.29 is 30.4 Å². The van der Waals surface area contributed by atoms with Gasteiger partial charge in [-0.25, -0.2) is 9.86 Å². The van der Waals surface area contributed by atoms with Gasteiger partial charge >= 0.3 is 11.7 Å². The smallest absolute Gasteiger partial charge is 0.365 e. The van der Waals surface area contributed by atoms with E-state index in [0.29, 0.717) is 0 Å². The van der Waals surface area contributed by atoms with Crippen LogP contribution in [0.15, 0.2) is 30.3 Å². The van der Waals surface area contributed by atoms with Crippen LogP contribution in [0, 0.1) is 0 Å². The molecule has 0 aliphatic carbocycles. The SMILES string of the molecule is O=C(O)[C@](O)(C(O)O)N(O)c1ccccc1. The summed E-state index contributed by atoms with van der Waals surface area (Å²) in [5.74, 6) is -1.99. The van der Waals surface area contributed by atoms with Gasteiger partial charge in [0.15, 0.2) is 0 Å². The summed E-state index contributed by atoms with van der Waals surface area (Å²) in [5.41, 5.74) is -3.32. The molecule has 0 saturated heterocycles. The highest BCUT2D eigenvalue weighted by Crippen LogP contribution is 2.22. The van der Waals surface area contributed by atoms with Gasteiger partial charge in [-0.15, -0.1) is 0 Å². The molecule has 1 atom stereocenters. The molecule has 0 aliphatic heterocycles. The van der Waals surface area contributed by atoms with Crippen molar-refractivity contribution in [1.29, 1.82) is 0 Å². The number of hydrogen-bond acceptors (Lipinski definition) is 6. The highest BCUT2D eigenvalue weighted by atomic mass is 16.6. The lowest BCUT2D eigenvalue weighted by Gasteiger charge is -2.33. The average Bonchev–Trinajstić information content (AvgIpc) is 2.27. The number of carboxylic acid groups (broad SMARTS) is 1. The van der Waals surface area contributed by atoms with Crippen LogP contribution in [0.25, 0.3) is 0 Å². The Bertz CT molecular complexity index is 368. The van der Waals surface area contributed by atoms with Gasteiger partial charge in [0.2, 0.25) is 6.29 Å². The summed E-state index contributed by atoms with van der Waals surface area (Å²) in [5, 5.41) is 45.1. The lowest BCUT2D eigenvalue weighted by Crippen LogP contribution is -2.61. The molecule has 0 radical (unpaired) electrons. The molecule has 0 amide bonds. The molecular formula is C9H11NO6. The van der Waals surface area contributed by atoms with Crippen LogP contribution in [0.3, 0.4) is 0 Å². The largest absolute Gasteiger partial charge is 0.477 e. The zero-order valence-corrected chi connectivity index (χ0v) is 8.06. The highest BCUT2D eigenvalue weighted by Gasteiger charge is 2.49. The van der Waals surface area contributed by atoms with Gasteiger partial charge in [-0.2, -0.15) is 0 Å². The predicted molar refractivity (Wildman–Crippen MR) is 51.5 cm³/mol. The van der Waals surface area contributed by atoms with Gasteiger partial charge in [0, 0.05) is 0 Å². The molecule has 0 heterocycles. The monoisotopic (exact) mass is 229 g/mol. The van der Waals surface area contributed by atoms with Crippen LogP contribution in [0.5, 0.6) is 0 Å². The number of para-hydroxylation sites is 1. The van der Waals surface area contributed by atoms with Gasteiger partial charge in [0.05, 0.1) is 5.69 Å². The summed E-state index contributed by atoms with van der Waals surface area (Å²) in [6, 6.07) is 7.13. The van der Waals surface area contributed by atoms with Crippen molar-refractivity contribution in [3.05, 3.63) is 30.3 Å². The van der Waals surface area contributed by atoms with Crippen LogP contribution in [0.4, 0.5) is 5.69 Å². The molecule has 0 aromatic heterocycles. The Balaban J connectivity index is 3.11. The average molecular weight is 229 g/mol. The summed E-state index contributed by atoms with van der Waals surface area (Å²) in [4.78, 5) is 10.7. The van der Waals surface area contributed by atoms with E-state index < -0.39 is 18.0 Å². The number of aliphatic hydroxyl groups is 3. The van der Waals surface area contributed by atoms with Gasteiger partial charge in [0.25, 0.3) is 0 Å². The fourth-order valence-electron chi connectivity index (χ4n) is 1.08.